The maximum atomic E-state index is 12.0. The molecule has 1 fully saturated rings. The van der Waals surface area contributed by atoms with Gasteiger partial charge in [0.05, 0.1) is 0 Å². The van der Waals surface area contributed by atoms with E-state index < -0.39 is 0 Å². The molecule has 0 spiro atoms. The van der Waals surface area contributed by atoms with E-state index in [4.69, 9.17) is 0 Å². The van der Waals surface area contributed by atoms with Crippen LogP contribution in [0.2, 0.25) is 0 Å². The van der Waals surface area contributed by atoms with E-state index in [0.717, 1.165) is 35.2 Å². The van der Waals surface area contributed by atoms with Gasteiger partial charge in [-0.3, -0.25) is 9.78 Å². The summed E-state index contributed by atoms with van der Waals surface area (Å²) in [6, 6.07) is 4.10. The summed E-state index contributed by atoms with van der Waals surface area (Å²) in [5.74, 6) is 1.10. The largest absolute Gasteiger partial charge is 0.357 e. The van der Waals surface area contributed by atoms with E-state index in [0.29, 0.717) is 24.8 Å². The van der Waals surface area contributed by atoms with E-state index in [2.05, 4.69) is 51.6 Å². The fraction of sp³-hybridized carbons (Fsp3) is 0.579. The topological polar surface area (TPSA) is 83.0 Å². The molecule has 1 aliphatic heterocycles. The summed E-state index contributed by atoms with van der Waals surface area (Å²) < 4.78 is 0. The molecule has 1 amide bonds. The van der Waals surface area contributed by atoms with Gasteiger partial charge in [0, 0.05) is 50.1 Å². The first kappa shape index (κ1) is 19.7. The fourth-order valence-corrected chi connectivity index (χ4v) is 4.07. The molecule has 1 atom stereocenters. The average Bonchev–Trinajstić information content (AvgIpc) is 3.09. The molecule has 0 saturated carbocycles. The molecule has 1 saturated heterocycles. The average molecular weight is 389 g/mol. The number of rotatable bonds is 9. The Bertz CT molecular complexity index is 729. The molecule has 1 aliphatic rings. The predicted octanol–water partition coefficient (Wildman–Crippen LogP) is 2.49. The molecule has 146 valence electrons. The van der Waals surface area contributed by atoms with Crippen LogP contribution in [0.4, 0.5) is 5.13 Å². The Morgan fingerprint density at radius 1 is 1.37 bits per heavy atom. The van der Waals surface area contributed by atoms with Gasteiger partial charge in [-0.25, -0.2) is 0 Å². The molecule has 0 unspecified atom stereocenters. The van der Waals surface area contributed by atoms with E-state index in [1.165, 1.54) is 11.3 Å². The number of amides is 1. The highest BCUT2D eigenvalue weighted by molar-refractivity contribution is 7.18. The molecule has 2 aromatic heterocycles. The Morgan fingerprint density at radius 2 is 2.19 bits per heavy atom. The number of hydrogen-bond acceptors (Lipinski definition) is 7. The van der Waals surface area contributed by atoms with Crippen LogP contribution in [0.3, 0.4) is 0 Å². The molecule has 8 heteroatoms. The number of likely N-dealkylation sites (tertiary alicyclic amines) is 1. The van der Waals surface area contributed by atoms with Gasteiger partial charge in [0.25, 0.3) is 0 Å². The van der Waals surface area contributed by atoms with Crippen molar-refractivity contribution in [2.75, 3.05) is 32.0 Å². The summed E-state index contributed by atoms with van der Waals surface area (Å²) in [5.41, 5.74) is 0.970. The van der Waals surface area contributed by atoms with Crippen molar-refractivity contribution in [3.05, 3.63) is 24.5 Å². The van der Waals surface area contributed by atoms with Gasteiger partial charge >= 0.3 is 0 Å². The summed E-state index contributed by atoms with van der Waals surface area (Å²) in [5, 5.41) is 16.7. The lowest BCUT2D eigenvalue weighted by molar-refractivity contribution is -0.123. The van der Waals surface area contributed by atoms with Gasteiger partial charge in [0.1, 0.15) is 0 Å². The molecule has 0 radical (unpaired) electrons. The number of carbonyl (C=O) groups excluding carboxylic acids is 1. The van der Waals surface area contributed by atoms with Crippen LogP contribution in [0.15, 0.2) is 24.5 Å². The molecule has 0 aromatic carbocycles. The summed E-state index contributed by atoms with van der Waals surface area (Å²) in [6.45, 7) is 7.07. The molecule has 3 rings (SSSR count). The van der Waals surface area contributed by atoms with Gasteiger partial charge in [-0.05, 0) is 37.4 Å². The second-order valence-electron chi connectivity index (χ2n) is 7.58. The molecular formula is C19H28N6OS. The van der Waals surface area contributed by atoms with Crippen LogP contribution >= 0.6 is 11.3 Å². The van der Waals surface area contributed by atoms with Gasteiger partial charge in [-0.15, -0.1) is 10.2 Å². The number of nitrogens with zero attached hydrogens (tertiary/aromatic N) is 4. The van der Waals surface area contributed by atoms with Crippen LogP contribution in [0.5, 0.6) is 0 Å². The van der Waals surface area contributed by atoms with E-state index in [1.807, 2.05) is 12.1 Å². The Kier molecular flexibility index (Phi) is 6.73. The monoisotopic (exact) mass is 388 g/mol. The van der Waals surface area contributed by atoms with Crippen molar-refractivity contribution in [3.63, 3.8) is 0 Å². The maximum absolute atomic E-state index is 12.0. The number of aromatic nitrogens is 3. The third-order valence-corrected chi connectivity index (χ3v) is 5.74. The Labute approximate surface area is 164 Å². The molecule has 2 aromatic rings. The van der Waals surface area contributed by atoms with Gasteiger partial charge < -0.3 is 15.5 Å². The van der Waals surface area contributed by atoms with Gasteiger partial charge in [-0.1, -0.05) is 25.2 Å². The smallest absolute Gasteiger partial charge is 0.220 e. The summed E-state index contributed by atoms with van der Waals surface area (Å²) in [7, 11) is 2.08. The number of anilines is 1. The van der Waals surface area contributed by atoms with Crippen LogP contribution in [0, 0.1) is 11.8 Å². The predicted molar refractivity (Wildman–Crippen MR) is 109 cm³/mol. The zero-order valence-electron chi connectivity index (χ0n) is 16.2. The summed E-state index contributed by atoms with van der Waals surface area (Å²) >= 11 is 1.53. The summed E-state index contributed by atoms with van der Waals surface area (Å²) in [6.07, 6.45) is 5.03. The number of carbonyl (C=O) groups is 1. The fourth-order valence-electron chi connectivity index (χ4n) is 3.28. The minimum absolute atomic E-state index is 0.158. The number of pyridine rings is 1. The van der Waals surface area contributed by atoms with Gasteiger partial charge in [0.2, 0.25) is 11.0 Å². The van der Waals surface area contributed by atoms with E-state index in [1.54, 1.807) is 12.4 Å². The van der Waals surface area contributed by atoms with Crippen molar-refractivity contribution in [2.24, 2.45) is 11.8 Å². The molecule has 27 heavy (non-hydrogen) atoms. The van der Waals surface area contributed by atoms with Gasteiger partial charge in [0.15, 0.2) is 5.01 Å². The Morgan fingerprint density at radius 3 is 2.85 bits per heavy atom. The minimum atomic E-state index is 0.158. The SMILES string of the molecule is CC(C)[C@@H](CCNC(=O)CC1CN(C)C1)Nc1nnc(-c2cccnc2)s1. The normalized spacial score (nSPS) is 16.1. The first-order chi connectivity index (χ1) is 13.0. The molecule has 2 N–H and O–H groups in total. The quantitative estimate of drug-likeness (QED) is 0.687. The molecule has 3 heterocycles. The first-order valence-corrected chi connectivity index (χ1v) is 10.3. The van der Waals surface area contributed by atoms with E-state index in [-0.39, 0.29) is 11.9 Å². The standard InChI is InChI=1S/C19H28N6OS/c1-13(2)16(6-8-21-17(26)9-14-11-25(3)12-14)22-19-24-23-18(27-19)15-5-4-7-20-10-15/h4-5,7,10,13-14,16H,6,8-9,11-12H2,1-3H3,(H,21,26)(H,22,24)/t16-/m1/s1. The van der Waals surface area contributed by atoms with Gasteiger partial charge in [-0.2, -0.15) is 0 Å². The first-order valence-electron chi connectivity index (χ1n) is 9.47. The Hall–Kier alpha value is -2.06. The lowest BCUT2D eigenvalue weighted by Gasteiger charge is -2.35. The van der Waals surface area contributed by atoms with E-state index in [9.17, 15) is 4.79 Å². The zero-order chi connectivity index (χ0) is 19.2. The number of hydrogen-bond donors (Lipinski definition) is 2. The maximum Gasteiger partial charge on any atom is 0.220 e. The van der Waals surface area contributed by atoms with Crippen molar-refractivity contribution < 1.29 is 4.79 Å². The van der Waals surface area contributed by atoms with Crippen LogP contribution < -0.4 is 10.6 Å². The lowest BCUT2D eigenvalue weighted by Crippen LogP contribution is -2.46. The van der Waals surface area contributed by atoms with Crippen molar-refractivity contribution in [1.82, 2.24) is 25.4 Å². The molecule has 0 aliphatic carbocycles. The van der Waals surface area contributed by atoms with Crippen molar-refractivity contribution in [3.8, 4) is 10.6 Å². The highest BCUT2D eigenvalue weighted by Gasteiger charge is 2.25. The Balaban J connectivity index is 1.46. The van der Waals surface area contributed by atoms with E-state index >= 15 is 0 Å². The van der Waals surface area contributed by atoms with Crippen molar-refractivity contribution >= 4 is 22.4 Å². The molecule has 7 nitrogen and oxygen atoms in total. The zero-order valence-corrected chi connectivity index (χ0v) is 17.0. The number of nitrogens with one attached hydrogen (secondary N) is 2. The lowest BCUT2D eigenvalue weighted by atomic mass is 9.97. The molecular weight excluding hydrogens is 360 g/mol. The summed E-state index contributed by atoms with van der Waals surface area (Å²) in [4.78, 5) is 18.4. The third-order valence-electron chi connectivity index (χ3n) is 4.84. The minimum Gasteiger partial charge on any atom is -0.357 e. The molecule has 0 bridgehead atoms. The second-order valence-corrected chi connectivity index (χ2v) is 8.56. The van der Waals surface area contributed by atoms with Crippen LogP contribution in [-0.4, -0.2) is 58.7 Å². The second kappa shape index (κ2) is 9.23. The van der Waals surface area contributed by atoms with Crippen LogP contribution in [0.1, 0.15) is 26.7 Å². The van der Waals surface area contributed by atoms with Crippen molar-refractivity contribution in [2.45, 2.75) is 32.7 Å². The highest BCUT2D eigenvalue weighted by Crippen LogP contribution is 2.27. The van der Waals surface area contributed by atoms with Crippen LogP contribution in [-0.2, 0) is 4.79 Å². The highest BCUT2D eigenvalue weighted by atomic mass is 32.1. The van der Waals surface area contributed by atoms with Crippen LogP contribution in [0.25, 0.3) is 10.6 Å². The van der Waals surface area contributed by atoms with Crippen molar-refractivity contribution in [1.29, 1.82) is 0 Å². The third kappa shape index (κ3) is 5.71.